The van der Waals surface area contributed by atoms with E-state index in [4.69, 9.17) is 5.11 Å². The Balaban J connectivity index is 2.84. The van der Waals surface area contributed by atoms with E-state index in [-0.39, 0.29) is 11.5 Å². The van der Waals surface area contributed by atoms with Crippen molar-refractivity contribution in [2.75, 3.05) is 6.61 Å². The van der Waals surface area contributed by atoms with Crippen LogP contribution in [0.15, 0.2) is 17.3 Å². The van der Waals surface area contributed by atoms with E-state index >= 15 is 0 Å². The van der Waals surface area contributed by atoms with Crippen molar-refractivity contribution < 1.29 is 13.5 Å². The minimum absolute atomic E-state index is 0.108. The van der Waals surface area contributed by atoms with Gasteiger partial charge in [-0.2, -0.15) is 5.10 Å². The van der Waals surface area contributed by atoms with Crippen LogP contribution in [-0.2, 0) is 17.1 Å². The molecular formula is C8H15N3O3S. The van der Waals surface area contributed by atoms with Gasteiger partial charge >= 0.3 is 0 Å². The van der Waals surface area contributed by atoms with E-state index in [0.717, 1.165) is 0 Å². The Kier molecular flexibility index (Phi) is 3.83. The molecule has 0 fully saturated rings. The molecule has 0 unspecified atom stereocenters. The number of aliphatic hydroxyl groups excluding tert-OH is 1. The molecule has 1 heterocycles. The van der Waals surface area contributed by atoms with Gasteiger partial charge in [-0.1, -0.05) is 6.92 Å². The van der Waals surface area contributed by atoms with Crippen molar-refractivity contribution in [3.63, 3.8) is 0 Å². The van der Waals surface area contributed by atoms with E-state index in [1.807, 2.05) is 0 Å². The van der Waals surface area contributed by atoms with Crippen LogP contribution in [0.3, 0.4) is 0 Å². The standard InChI is InChI=1S/C8H15N3O3S/c1-3-7(6-12)10-15(13,14)8-4-9-11(2)5-8/h4-5,7,10,12H,3,6H2,1-2H3/t7-/m1/s1. The lowest BCUT2D eigenvalue weighted by molar-refractivity contribution is 0.254. The zero-order valence-electron chi connectivity index (χ0n) is 8.71. The van der Waals surface area contributed by atoms with Crippen LogP contribution in [0.5, 0.6) is 0 Å². The molecule has 1 atom stereocenters. The van der Waals surface area contributed by atoms with Crippen LogP contribution in [-0.4, -0.2) is 36.0 Å². The lowest BCUT2D eigenvalue weighted by atomic mass is 10.3. The first-order valence-electron chi connectivity index (χ1n) is 4.61. The van der Waals surface area contributed by atoms with Gasteiger partial charge in [0.2, 0.25) is 10.0 Å². The van der Waals surface area contributed by atoms with E-state index in [2.05, 4.69) is 9.82 Å². The molecule has 2 N–H and O–H groups in total. The zero-order valence-corrected chi connectivity index (χ0v) is 9.53. The summed E-state index contributed by atoms with van der Waals surface area (Å²) >= 11 is 0. The highest BCUT2D eigenvalue weighted by Gasteiger charge is 2.19. The fraction of sp³-hybridized carbons (Fsp3) is 0.625. The number of hydrogen-bond acceptors (Lipinski definition) is 4. The second-order valence-corrected chi connectivity index (χ2v) is 4.97. The first-order valence-corrected chi connectivity index (χ1v) is 6.09. The molecule has 0 aliphatic heterocycles. The van der Waals surface area contributed by atoms with Crippen molar-refractivity contribution in [3.05, 3.63) is 12.4 Å². The van der Waals surface area contributed by atoms with Crippen LogP contribution in [0.25, 0.3) is 0 Å². The summed E-state index contributed by atoms with van der Waals surface area (Å²) in [5, 5.41) is 12.7. The van der Waals surface area contributed by atoms with Gasteiger partial charge < -0.3 is 5.11 Å². The summed E-state index contributed by atoms with van der Waals surface area (Å²) in [7, 11) is -1.91. The van der Waals surface area contributed by atoms with E-state index in [0.29, 0.717) is 6.42 Å². The Morgan fingerprint density at radius 3 is 2.73 bits per heavy atom. The molecule has 0 amide bonds. The summed E-state index contributed by atoms with van der Waals surface area (Å²) in [4.78, 5) is 0.108. The fourth-order valence-corrected chi connectivity index (χ4v) is 2.37. The van der Waals surface area contributed by atoms with Crippen molar-refractivity contribution in [2.45, 2.75) is 24.3 Å². The second kappa shape index (κ2) is 4.73. The van der Waals surface area contributed by atoms with E-state index < -0.39 is 16.1 Å². The van der Waals surface area contributed by atoms with Gasteiger partial charge in [0.05, 0.1) is 12.8 Å². The molecule has 1 rings (SSSR count). The Hall–Kier alpha value is -0.920. The summed E-state index contributed by atoms with van der Waals surface area (Å²) in [6, 6.07) is -0.449. The van der Waals surface area contributed by atoms with Gasteiger partial charge in [-0.15, -0.1) is 0 Å². The van der Waals surface area contributed by atoms with Gasteiger partial charge in [-0.05, 0) is 6.42 Å². The Bertz CT molecular complexity index is 409. The van der Waals surface area contributed by atoms with E-state index in [1.165, 1.54) is 17.1 Å². The van der Waals surface area contributed by atoms with Gasteiger partial charge in [0.15, 0.2) is 0 Å². The molecule has 0 saturated heterocycles. The smallest absolute Gasteiger partial charge is 0.244 e. The third kappa shape index (κ3) is 3.01. The van der Waals surface area contributed by atoms with Crippen molar-refractivity contribution in [3.8, 4) is 0 Å². The molecule has 1 aromatic heterocycles. The van der Waals surface area contributed by atoms with Crippen molar-refractivity contribution in [1.29, 1.82) is 0 Å². The summed E-state index contributed by atoms with van der Waals surface area (Å²) in [5.74, 6) is 0. The molecule has 0 bridgehead atoms. The summed E-state index contributed by atoms with van der Waals surface area (Å²) < 4.78 is 27.2. The average molecular weight is 233 g/mol. The number of nitrogens with zero attached hydrogens (tertiary/aromatic N) is 2. The second-order valence-electron chi connectivity index (χ2n) is 3.26. The number of aromatic nitrogens is 2. The minimum Gasteiger partial charge on any atom is -0.395 e. The van der Waals surface area contributed by atoms with Gasteiger partial charge in [0, 0.05) is 19.3 Å². The summed E-state index contributed by atoms with van der Waals surface area (Å²) in [6.45, 7) is 1.59. The summed E-state index contributed by atoms with van der Waals surface area (Å²) in [5.41, 5.74) is 0. The van der Waals surface area contributed by atoms with Crippen LogP contribution in [0.2, 0.25) is 0 Å². The molecule has 0 spiro atoms. The molecular weight excluding hydrogens is 218 g/mol. The predicted octanol–water partition coefficient (Wildman–Crippen LogP) is -0.531. The largest absolute Gasteiger partial charge is 0.395 e. The van der Waals surface area contributed by atoms with Crippen LogP contribution < -0.4 is 4.72 Å². The number of nitrogens with one attached hydrogen (secondary N) is 1. The minimum atomic E-state index is -3.56. The number of aryl methyl sites for hydroxylation is 1. The molecule has 1 aromatic rings. The van der Waals surface area contributed by atoms with Crippen LogP contribution >= 0.6 is 0 Å². The number of hydrogen-bond donors (Lipinski definition) is 2. The fourth-order valence-electron chi connectivity index (χ4n) is 1.07. The van der Waals surface area contributed by atoms with Crippen molar-refractivity contribution in [1.82, 2.24) is 14.5 Å². The number of sulfonamides is 1. The monoisotopic (exact) mass is 233 g/mol. The average Bonchev–Trinajstić information content (AvgIpc) is 2.62. The molecule has 0 aliphatic carbocycles. The molecule has 0 saturated carbocycles. The Labute approximate surface area is 89.0 Å². The lowest BCUT2D eigenvalue weighted by Gasteiger charge is -2.12. The van der Waals surface area contributed by atoms with Crippen molar-refractivity contribution in [2.24, 2.45) is 7.05 Å². The molecule has 15 heavy (non-hydrogen) atoms. The topological polar surface area (TPSA) is 84.2 Å². The SMILES string of the molecule is CC[C@H](CO)NS(=O)(=O)c1cnn(C)c1. The normalized spacial score (nSPS) is 14.1. The van der Waals surface area contributed by atoms with Gasteiger partial charge in [0.25, 0.3) is 0 Å². The van der Waals surface area contributed by atoms with Crippen LogP contribution in [0.4, 0.5) is 0 Å². The highest BCUT2D eigenvalue weighted by molar-refractivity contribution is 7.89. The van der Waals surface area contributed by atoms with E-state index in [1.54, 1.807) is 14.0 Å². The maximum Gasteiger partial charge on any atom is 0.244 e. The summed E-state index contributed by atoms with van der Waals surface area (Å²) in [6.07, 6.45) is 3.22. The molecule has 6 nitrogen and oxygen atoms in total. The maximum absolute atomic E-state index is 11.7. The van der Waals surface area contributed by atoms with Crippen LogP contribution in [0.1, 0.15) is 13.3 Å². The van der Waals surface area contributed by atoms with E-state index in [9.17, 15) is 8.42 Å². The quantitative estimate of drug-likeness (QED) is 0.716. The Morgan fingerprint density at radius 2 is 2.33 bits per heavy atom. The third-order valence-corrected chi connectivity index (χ3v) is 3.50. The molecule has 0 radical (unpaired) electrons. The third-order valence-electron chi connectivity index (χ3n) is 2.03. The van der Waals surface area contributed by atoms with Gasteiger partial charge in [-0.25, -0.2) is 13.1 Å². The zero-order chi connectivity index (χ0) is 11.5. The van der Waals surface area contributed by atoms with Gasteiger partial charge in [-0.3, -0.25) is 4.68 Å². The predicted molar refractivity (Wildman–Crippen MR) is 54.7 cm³/mol. The van der Waals surface area contributed by atoms with Crippen molar-refractivity contribution >= 4 is 10.0 Å². The highest BCUT2D eigenvalue weighted by Crippen LogP contribution is 2.07. The lowest BCUT2D eigenvalue weighted by Crippen LogP contribution is -2.36. The highest BCUT2D eigenvalue weighted by atomic mass is 32.2. The molecule has 7 heteroatoms. The number of rotatable bonds is 5. The first kappa shape index (κ1) is 12.2. The molecule has 86 valence electrons. The molecule has 0 aromatic carbocycles. The first-order chi connectivity index (χ1) is 6.99. The van der Waals surface area contributed by atoms with Gasteiger partial charge in [0.1, 0.15) is 4.90 Å². The number of aliphatic hydroxyl groups is 1. The molecule has 0 aliphatic rings. The Morgan fingerprint density at radius 1 is 1.67 bits per heavy atom. The van der Waals surface area contributed by atoms with Crippen LogP contribution in [0, 0.1) is 0 Å². The maximum atomic E-state index is 11.7.